The smallest absolute Gasteiger partial charge is 0.410 e. The largest absolute Gasteiger partial charge is 0.444 e. The summed E-state index contributed by atoms with van der Waals surface area (Å²) < 4.78 is 5.71. The van der Waals surface area contributed by atoms with E-state index in [0.717, 1.165) is 24.8 Å². The maximum absolute atomic E-state index is 13.0. The average Bonchev–Trinajstić information content (AvgIpc) is 2.96. The van der Waals surface area contributed by atoms with Gasteiger partial charge in [-0.25, -0.2) is 4.79 Å². The number of aryl methyl sites for hydroxylation is 1. The molecule has 2 heterocycles. The summed E-state index contributed by atoms with van der Waals surface area (Å²) in [5.41, 5.74) is 3.17. The Hall–Kier alpha value is -2.04. The van der Waals surface area contributed by atoms with Gasteiger partial charge >= 0.3 is 6.09 Å². The quantitative estimate of drug-likeness (QED) is 0.798. The number of hydrogen-bond donors (Lipinski definition) is 0. The molecule has 0 N–H and O–H groups in total. The van der Waals surface area contributed by atoms with Crippen molar-refractivity contribution in [3.8, 4) is 0 Å². The molecule has 1 aromatic carbocycles. The Balaban J connectivity index is 2.01. The number of benzene rings is 1. The minimum Gasteiger partial charge on any atom is -0.444 e. The maximum atomic E-state index is 13.0. The summed E-state index contributed by atoms with van der Waals surface area (Å²) in [6.45, 7) is 11.1. The lowest BCUT2D eigenvalue weighted by Crippen LogP contribution is -2.56. The molecule has 3 rings (SSSR count). The van der Waals surface area contributed by atoms with E-state index in [1.807, 2.05) is 30.6 Å². The summed E-state index contributed by atoms with van der Waals surface area (Å²) in [7, 11) is 0. The third kappa shape index (κ3) is 3.97. The van der Waals surface area contributed by atoms with Crippen LogP contribution in [0.3, 0.4) is 0 Å². The Bertz CT molecular complexity index is 723. The van der Waals surface area contributed by atoms with Gasteiger partial charge in [-0.1, -0.05) is 31.5 Å². The van der Waals surface area contributed by atoms with Crippen molar-refractivity contribution in [3.05, 3.63) is 34.9 Å². The predicted molar refractivity (Wildman–Crippen MR) is 106 cm³/mol. The molecule has 0 bridgehead atoms. The van der Waals surface area contributed by atoms with Crippen molar-refractivity contribution >= 4 is 12.0 Å². The van der Waals surface area contributed by atoms with Gasteiger partial charge in [0.2, 0.25) is 5.91 Å². The number of hydrogen-bond acceptors (Lipinski definition) is 3. The van der Waals surface area contributed by atoms with E-state index in [4.69, 9.17) is 4.74 Å². The summed E-state index contributed by atoms with van der Waals surface area (Å²) >= 11 is 0. The van der Waals surface area contributed by atoms with Gasteiger partial charge in [0.25, 0.3) is 0 Å². The number of rotatable bonds is 3. The van der Waals surface area contributed by atoms with Gasteiger partial charge < -0.3 is 9.64 Å². The van der Waals surface area contributed by atoms with Crippen molar-refractivity contribution in [1.82, 2.24) is 9.80 Å². The second-order valence-electron chi connectivity index (χ2n) is 8.69. The number of carbonyl (C=O) groups is 2. The number of nitrogens with zero attached hydrogens (tertiary/aromatic N) is 2. The highest BCUT2D eigenvalue weighted by molar-refractivity contribution is 5.80. The van der Waals surface area contributed by atoms with Gasteiger partial charge in [-0.3, -0.25) is 9.69 Å². The second-order valence-corrected chi connectivity index (χ2v) is 8.69. The maximum Gasteiger partial charge on any atom is 0.410 e. The molecule has 2 aliphatic heterocycles. The van der Waals surface area contributed by atoms with Crippen LogP contribution in [0.25, 0.3) is 0 Å². The van der Waals surface area contributed by atoms with Crippen LogP contribution in [-0.4, -0.2) is 46.5 Å². The standard InChI is InChI=1S/C22H32N2O3/c1-6-8-16-9-7-10-17(15(16)2)20-18-11-12-19(25)23(18)13-14-24(20)21(26)27-22(3,4)5/h7,9-10,18,20H,6,8,11-14H2,1-5H3/t18-,20-/m0/s1. The molecule has 148 valence electrons. The Morgan fingerprint density at radius 1 is 1.26 bits per heavy atom. The van der Waals surface area contributed by atoms with Gasteiger partial charge in [0.15, 0.2) is 0 Å². The van der Waals surface area contributed by atoms with Gasteiger partial charge in [0.05, 0.1) is 12.1 Å². The number of fused-ring (bicyclic) bond motifs is 1. The predicted octanol–water partition coefficient (Wildman–Crippen LogP) is 4.23. The zero-order valence-corrected chi connectivity index (χ0v) is 17.2. The molecule has 1 aromatic rings. The molecule has 2 aliphatic rings. The van der Waals surface area contributed by atoms with Crippen LogP contribution in [0.2, 0.25) is 0 Å². The SMILES string of the molecule is CCCc1cccc([C@H]2[C@@H]3CCC(=O)N3CCN2C(=O)OC(C)(C)C)c1C. The minimum absolute atomic E-state index is 0.0364. The molecule has 0 unspecified atom stereocenters. The van der Waals surface area contributed by atoms with Crippen molar-refractivity contribution in [1.29, 1.82) is 0 Å². The van der Waals surface area contributed by atoms with E-state index in [1.54, 1.807) is 0 Å². The molecule has 2 amide bonds. The highest BCUT2D eigenvalue weighted by atomic mass is 16.6. The fourth-order valence-corrected chi connectivity index (χ4v) is 4.40. The van der Waals surface area contributed by atoms with Crippen LogP contribution in [0.15, 0.2) is 18.2 Å². The molecule has 2 saturated heterocycles. The summed E-state index contributed by atoms with van der Waals surface area (Å²) in [6.07, 6.45) is 3.18. The number of piperazine rings is 1. The molecule has 5 heteroatoms. The third-order valence-corrected chi connectivity index (χ3v) is 5.61. The van der Waals surface area contributed by atoms with E-state index in [2.05, 4.69) is 32.0 Å². The van der Waals surface area contributed by atoms with Gasteiger partial charge in [-0.15, -0.1) is 0 Å². The molecule has 0 radical (unpaired) electrons. The molecule has 0 aromatic heterocycles. The van der Waals surface area contributed by atoms with Crippen molar-refractivity contribution in [2.75, 3.05) is 13.1 Å². The Morgan fingerprint density at radius 3 is 2.67 bits per heavy atom. The molecule has 0 saturated carbocycles. The van der Waals surface area contributed by atoms with Gasteiger partial charge in [-0.2, -0.15) is 0 Å². The Kier molecular flexibility index (Phi) is 5.50. The van der Waals surface area contributed by atoms with Crippen LogP contribution in [0.4, 0.5) is 4.79 Å². The molecule has 2 fully saturated rings. The summed E-state index contributed by atoms with van der Waals surface area (Å²) in [6, 6.07) is 6.26. The molecular weight excluding hydrogens is 340 g/mol. The van der Waals surface area contributed by atoms with Crippen molar-refractivity contribution < 1.29 is 14.3 Å². The summed E-state index contributed by atoms with van der Waals surface area (Å²) in [5, 5.41) is 0. The number of amides is 2. The fourth-order valence-electron chi connectivity index (χ4n) is 4.40. The monoisotopic (exact) mass is 372 g/mol. The fraction of sp³-hybridized carbons (Fsp3) is 0.636. The topological polar surface area (TPSA) is 49.9 Å². The van der Waals surface area contributed by atoms with Gasteiger partial charge in [0.1, 0.15) is 5.60 Å². The Labute approximate surface area is 162 Å². The first-order chi connectivity index (χ1) is 12.7. The first-order valence-corrected chi connectivity index (χ1v) is 10.1. The van der Waals surface area contributed by atoms with Crippen molar-refractivity contribution in [2.45, 2.75) is 78.0 Å². The zero-order valence-electron chi connectivity index (χ0n) is 17.2. The van der Waals surface area contributed by atoms with E-state index in [9.17, 15) is 9.59 Å². The van der Waals surface area contributed by atoms with Crippen LogP contribution in [0, 0.1) is 6.92 Å². The second kappa shape index (κ2) is 7.53. The van der Waals surface area contributed by atoms with E-state index in [0.29, 0.717) is 19.5 Å². The molecule has 27 heavy (non-hydrogen) atoms. The summed E-state index contributed by atoms with van der Waals surface area (Å²) in [4.78, 5) is 29.1. The summed E-state index contributed by atoms with van der Waals surface area (Å²) in [5.74, 6) is 0.205. The van der Waals surface area contributed by atoms with Crippen LogP contribution in [-0.2, 0) is 16.0 Å². The molecule has 0 spiro atoms. The van der Waals surface area contributed by atoms with E-state index < -0.39 is 5.60 Å². The van der Waals surface area contributed by atoms with Crippen LogP contribution in [0.5, 0.6) is 0 Å². The lowest BCUT2D eigenvalue weighted by atomic mass is 9.88. The van der Waals surface area contributed by atoms with Crippen LogP contribution < -0.4 is 0 Å². The molecular formula is C22H32N2O3. The average molecular weight is 373 g/mol. The number of carbonyl (C=O) groups excluding carboxylic acids is 2. The van der Waals surface area contributed by atoms with E-state index >= 15 is 0 Å². The van der Waals surface area contributed by atoms with E-state index in [1.165, 1.54) is 11.1 Å². The first kappa shape index (κ1) is 19.7. The zero-order chi connectivity index (χ0) is 19.8. The first-order valence-electron chi connectivity index (χ1n) is 10.1. The molecule has 2 atom stereocenters. The van der Waals surface area contributed by atoms with Crippen LogP contribution in [0.1, 0.15) is 69.7 Å². The van der Waals surface area contributed by atoms with Crippen molar-refractivity contribution in [3.63, 3.8) is 0 Å². The minimum atomic E-state index is -0.538. The molecule has 0 aliphatic carbocycles. The van der Waals surface area contributed by atoms with Gasteiger partial charge in [0, 0.05) is 19.5 Å². The van der Waals surface area contributed by atoms with Crippen LogP contribution >= 0.6 is 0 Å². The highest BCUT2D eigenvalue weighted by Crippen LogP contribution is 2.40. The third-order valence-electron chi connectivity index (χ3n) is 5.61. The molecule has 5 nitrogen and oxygen atoms in total. The Morgan fingerprint density at radius 2 is 2.00 bits per heavy atom. The van der Waals surface area contributed by atoms with E-state index in [-0.39, 0.29) is 24.1 Å². The van der Waals surface area contributed by atoms with Crippen molar-refractivity contribution in [2.24, 2.45) is 0 Å². The lowest BCUT2D eigenvalue weighted by molar-refractivity contribution is -0.132. The highest BCUT2D eigenvalue weighted by Gasteiger charge is 2.46. The van der Waals surface area contributed by atoms with Gasteiger partial charge in [-0.05, 0) is 57.2 Å². The lowest BCUT2D eigenvalue weighted by Gasteiger charge is -2.45. The number of ether oxygens (including phenoxy) is 1. The normalized spacial score (nSPS) is 22.8.